The number of carbonyl (C=O) groups excluding carboxylic acids is 1. The lowest BCUT2D eigenvalue weighted by molar-refractivity contribution is 0.0779. The summed E-state index contributed by atoms with van der Waals surface area (Å²) >= 11 is 5.99. The van der Waals surface area contributed by atoms with Crippen molar-refractivity contribution in [2.24, 2.45) is 0 Å². The van der Waals surface area contributed by atoms with Crippen molar-refractivity contribution in [3.63, 3.8) is 0 Å². The van der Waals surface area contributed by atoms with Crippen LogP contribution in [0.1, 0.15) is 16.1 Å². The third kappa shape index (κ3) is 2.67. The average molecular weight is 318 g/mol. The van der Waals surface area contributed by atoms with Gasteiger partial charge in [0.25, 0.3) is 5.91 Å². The van der Waals surface area contributed by atoms with E-state index in [4.69, 9.17) is 11.6 Å². The largest absolute Gasteiger partial charge is 0.336 e. The number of pyridine rings is 1. The molecule has 0 spiro atoms. The van der Waals surface area contributed by atoms with Gasteiger partial charge in [0.2, 0.25) is 0 Å². The molecule has 0 aliphatic rings. The van der Waals surface area contributed by atoms with Crippen LogP contribution in [0.4, 0.5) is 4.39 Å². The molecule has 4 nitrogen and oxygen atoms in total. The van der Waals surface area contributed by atoms with Crippen LogP contribution in [0.3, 0.4) is 0 Å². The van der Waals surface area contributed by atoms with Gasteiger partial charge in [-0.05, 0) is 24.3 Å². The predicted octanol–water partition coefficient (Wildman–Crippen LogP) is 3.40. The van der Waals surface area contributed by atoms with Gasteiger partial charge in [0, 0.05) is 30.0 Å². The Hall–Kier alpha value is -2.40. The molecule has 22 heavy (non-hydrogen) atoms. The lowest BCUT2D eigenvalue weighted by Gasteiger charge is -2.17. The van der Waals surface area contributed by atoms with Gasteiger partial charge in [0.1, 0.15) is 17.2 Å². The molecule has 6 heteroatoms. The van der Waals surface area contributed by atoms with Gasteiger partial charge in [0.05, 0.1) is 6.54 Å². The second-order valence-electron chi connectivity index (χ2n) is 4.95. The Balaban J connectivity index is 1.85. The fourth-order valence-electron chi connectivity index (χ4n) is 2.23. The second-order valence-corrected chi connectivity index (χ2v) is 5.36. The van der Waals surface area contributed by atoms with Gasteiger partial charge in [-0.1, -0.05) is 23.7 Å². The van der Waals surface area contributed by atoms with Gasteiger partial charge in [-0.15, -0.1) is 0 Å². The van der Waals surface area contributed by atoms with Gasteiger partial charge in [-0.3, -0.25) is 4.79 Å². The first-order chi connectivity index (χ1) is 10.6. The van der Waals surface area contributed by atoms with E-state index in [1.807, 2.05) is 24.4 Å². The Labute approximate surface area is 131 Å². The minimum absolute atomic E-state index is 0.0816. The zero-order chi connectivity index (χ0) is 15.7. The molecular weight excluding hydrogens is 305 g/mol. The Bertz CT molecular complexity index is 793. The molecule has 0 saturated carbocycles. The minimum atomic E-state index is -0.429. The van der Waals surface area contributed by atoms with Gasteiger partial charge < -0.3 is 9.30 Å². The first-order valence-electron chi connectivity index (χ1n) is 6.68. The molecule has 0 bridgehead atoms. The SMILES string of the molecule is CN(Cc1c(F)cccc1Cl)C(=O)c1cn2ccccc2n1. The smallest absolute Gasteiger partial charge is 0.274 e. The summed E-state index contributed by atoms with van der Waals surface area (Å²) in [6.07, 6.45) is 3.46. The number of aromatic nitrogens is 2. The molecule has 0 saturated heterocycles. The van der Waals surface area contributed by atoms with E-state index in [1.54, 1.807) is 23.7 Å². The summed E-state index contributed by atoms with van der Waals surface area (Å²) in [6.45, 7) is 0.0816. The number of carbonyl (C=O) groups is 1. The van der Waals surface area contributed by atoms with E-state index < -0.39 is 5.82 Å². The molecule has 112 valence electrons. The van der Waals surface area contributed by atoms with Crippen molar-refractivity contribution in [1.29, 1.82) is 0 Å². The number of halogens is 2. The highest BCUT2D eigenvalue weighted by Gasteiger charge is 2.18. The number of hydrogen-bond acceptors (Lipinski definition) is 2. The molecule has 1 aromatic carbocycles. The summed E-state index contributed by atoms with van der Waals surface area (Å²) in [4.78, 5) is 18.1. The summed E-state index contributed by atoms with van der Waals surface area (Å²) in [7, 11) is 1.59. The van der Waals surface area contributed by atoms with Crippen LogP contribution in [-0.2, 0) is 6.54 Å². The molecule has 1 amide bonds. The number of fused-ring (bicyclic) bond motifs is 1. The van der Waals surface area contributed by atoms with Gasteiger partial charge in [0.15, 0.2) is 0 Å². The van der Waals surface area contributed by atoms with E-state index in [1.165, 1.54) is 17.0 Å². The zero-order valence-corrected chi connectivity index (χ0v) is 12.6. The molecule has 3 rings (SSSR count). The summed E-state index contributed by atoms with van der Waals surface area (Å²) < 4.78 is 15.6. The quantitative estimate of drug-likeness (QED) is 0.742. The molecule has 0 aliphatic carbocycles. The highest BCUT2D eigenvalue weighted by atomic mass is 35.5. The Morgan fingerprint density at radius 3 is 2.86 bits per heavy atom. The van der Waals surface area contributed by atoms with Crippen LogP contribution < -0.4 is 0 Å². The highest BCUT2D eigenvalue weighted by molar-refractivity contribution is 6.31. The first kappa shape index (κ1) is 14.5. The monoisotopic (exact) mass is 317 g/mol. The topological polar surface area (TPSA) is 37.6 Å². The van der Waals surface area contributed by atoms with Crippen LogP contribution in [0.25, 0.3) is 5.65 Å². The standard InChI is InChI=1S/C16H13ClFN3O/c1-20(9-11-12(17)5-4-6-13(11)18)16(22)14-10-21-8-3-2-7-15(21)19-14/h2-8,10H,9H2,1H3. The Morgan fingerprint density at radius 2 is 2.14 bits per heavy atom. The second kappa shape index (κ2) is 5.77. The van der Waals surface area contributed by atoms with Crippen molar-refractivity contribution in [3.05, 3.63) is 70.9 Å². The molecule has 2 heterocycles. The lowest BCUT2D eigenvalue weighted by Crippen LogP contribution is -2.27. The molecule has 3 aromatic rings. The van der Waals surface area contributed by atoms with Crippen LogP contribution in [0.2, 0.25) is 5.02 Å². The van der Waals surface area contributed by atoms with Crippen LogP contribution in [0.5, 0.6) is 0 Å². The molecule has 0 atom stereocenters. The van der Waals surface area contributed by atoms with E-state index in [0.29, 0.717) is 21.9 Å². The lowest BCUT2D eigenvalue weighted by atomic mass is 10.2. The van der Waals surface area contributed by atoms with Crippen molar-refractivity contribution < 1.29 is 9.18 Å². The molecule has 0 fully saturated rings. The maximum absolute atomic E-state index is 13.8. The minimum Gasteiger partial charge on any atom is -0.336 e. The predicted molar refractivity (Wildman–Crippen MR) is 82.4 cm³/mol. The Kier molecular flexibility index (Phi) is 3.81. The van der Waals surface area contributed by atoms with Crippen LogP contribution >= 0.6 is 11.6 Å². The first-order valence-corrected chi connectivity index (χ1v) is 7.06. The number of rotatable bonds is 3. The number of amides is 1. The summed E-state index contributed by atoms with van der Waals surface area (Å²) in [5.41, 5.74) is 1.29. The average Bonchev–Trinajstić information content (AvgIpc) is 2.94. The third-order valence-corrected chi connectivity index (χ3v) is 3.74. The van der Waals surface area contributed by atoms with Crippen molar-refractivity contribution in [1.82, 2.24) is 14.3 Å². The fourth-order valence-corrected chi connectivity index (χ4v) is 2.45. The van der Waals surface area contributed by atoms with Crippen molar-refractivity contribution in [2.75, 3.05) is 7.05 Å². The molecule has 0 unspecified atom stereocenters. The summed E-state index contributed by atoms with van der Waals surface area (Å²) in [6, 6.07) is 9.97. The molecular formula is C16H13ClFN3O. The van der Waals surface area contributed by atoms with Gasteiger partial charge in [-0.25, -0.2) is 9.37 Å². The third-order valence-electron chi connectivity index (χ3n) is 3.39. The van der Waals surface area contributed by atoms with Gasteiger partial charge in [-0.2, -0.15) is 0 Å². The molecule has 0 radical (unpaired) electrons. The number of hydrogen-bond donors (Lipinski definition) is 0. The van der Waals surface area contributed by atoms with Crippen LogP contribution in [0.15, 0.2) is 48.8 Å². The number of nitrogens with zero attached hydrogens (tertiary/aromatic N) is 3. The van der Waals surface area contributed by atoms with Crippen molar-refractivity contribution in [2.45, 2.75) is 6.54 Å². The maximum Gasteiger partial charge on any atom is 0.274 e. The van der Waals surface area contributed by atoms with Crippen LogP contribution in [-0.4, -0.2) is 27.2 Å². The highest BCUT2D eigenvalue weighted by Crippen LogP contribution is 2.21. The van der Waals surface area contributed by atoms with E-state index in [2.05, 4.69) is 4.98 Å². The van der Waals surface area contributed by atoms with E-state index in [9.17, 15) is 9.18 Å². The molecule has 0 aliphatic heterocycles. The molecule has 2 aromatic heterocycles. The van der Waals surface area contributed by atoms with E-state index in [0.717, 1.165) is 0 Å². The van der Waals surface area contributed by atoms with E-state index >= 15 is 0 Å². The van der Waals surface area contributed by atoms with Crippen LogP contribution in [0, 0.1) is 5.82 Å². The van der Waals surface area contributed by atoms with Gasteiger partial charge >= 0.3 is 0 Å². The van der Waals surface area contributed by atoms with Crippen molar-refractivity contribution in [3.8, 4) is 0 Å². The Morgan fingerprint density at radius 1 is 1.32 bits per heavy atom. The maximum atomic E-state index is 13.8. The fraction of sp³-hybridized carbons (Fsp3) is 0.125. The summed E-state index contributed by atoms with van der Waals surface area (Å²) in [5.74, 6) is -0.717. The number of imidazole rings is 1. The molecule has 0 N–H and O–H groups in total. The summed E-state index contributed by atoms with van der Waals surface area (Å²) in [5, 5.41) is 0.301. The normalized spacial score (nSPS) is 10.9. The van der Waals surface area contributed by atoms with Crippen molar-refractivity contribution >= 4 is 23.2 Å². The zero-order valence-electron chi connectivity index (χ0n) is 11.8. The van der Waals surface area contributed by atoms with E-state index in [-0.39, 0.29) is 12.5 Å². The number of benzene rings is 1.